The van der Waals surface area contributed by atoms with E-state index in [0.717, 1.165) is 12.0 Å². The van der Waals surface area contributed by atoms with Crippen LogP contribution in [0, 0.1) is 6.92 Å². The molecule has 1 aliphatic rings. The van der Waals surface area contributed by atoms with Crippen LogP contribution in [0.1, 0.15) is 18.4 Å². The number of hydrogen-bond acceptors (Lipinski definition) is 5. The molecule has 2 heterocycles. The molecule has 17 heavy (non-hydrogen) atoms. The molecule has 94 valence electrons. The number of sulfone groups is 1. The number of nitrogens with zero attached hydrogens (tertiary/aromatic N) is 2. The third kappa shape index (κ3) is 3.07. The van der Waals surface area contributed by atoms with E-state index in [9.17, 15) is 8.42 Å². The van der Waals surface area contributed by atoms with E-state index < -0.39 is 9.84 Å². The van der Waals surface area contributed by atoms with Crippen molar-refractivity contribution in [3.8, 4) is 0 Å². The highest BCUT2D eigenvalue weighted by Crippen LogP contribution is 2.21. The quantitative estimate of drug-likeness (QED) is 0.827. The number of hydrogen-bond donors (Lipinski definition) is 1. The van der Waals surface area contributed by atoms with E-state index in [-0.39, 0.29) is 17.5 Å². The highest BCUT2D eigenvalue weighted by atomic mass is 35.5. The fourth-order valence-corrected chi connectivity index (χ4v) is 3.67. The van der Waals surface area contributed by atoms with Gasteiger partial charge in [0, 0.05) is 11.6 Å². The zero-order valence-electron chi connectivity index (χ0n) is 9.48. The van der Waals surface area contributed by atoms with Gasteiger partial charge in [0.15, 0.2) is 9.84 Å². The Morgan fingerprint density at radius 2 is 2.24 bits per heavy atom. The fourth-order valence-electron chi connectivity index (χ4n) is 1.90. The van der Waals surface area contributed by atoms with Gasteiger partial charge in [-0.25, -0.2) is 18.4 Å². The average molecular weight is 276 g/mol. The van der Waals surface area contributed by atoms with E-state index in [1.807, 2.05) is 6.92 Å². The van der Waals surface area contributed by atoms with E-state index in [4.69, 9.17) is 11.6 Å². The second-order valence-electron chi connectivity index (χ2n) is 4.24. The van der Waals surface area contributed by atoms with Gasteiger partial charge in [-0.15, -0.1) is 0 Å². The van der Waals surface area contributed by atoms with Crippen molar-refractivity contribution in [2.75, 3.05) is 16.8 Å². The Morgan fingerprint density at radius 1 is 1.47 bits per heavy atom. The zero-order valence-corrected chi connectivity index (χ0v) is 11.1. The molecule has 2 rings (SSSR count). The van der Waals surface area contributed by atoms with Gasteiger partial charge in [0.05, 0.1) is 11.5 Å². The Balaban J connectivity index is 2.13. The van der Waals surface area contributed by atoms with Crippen LogP contribution in [-0.2, 0) is 9.84 Å². The molecular weight excluding hydrogens is 262 g/mol. The SMILES string of the molecule is Cc1c(Cl)ncnc1NC1CCCS(=O)(=O)C1. The Bertz CT molecular complexity index is 518. The lowest BCUT2D eigenvalue weighted by Crippen LogP contribution is -2.35. The normalized spacial score (nSPS) is 23.3. The van der Waals surface area contributed by atoms with Crippen molar-refractivity contribution in [2.45, 2.75) is 25.8 Å². The maximum absolute atomic E-state index is 11.5. The summed E-state index contributed by atoms with van der Waals surface area (Å²) in [5.74, 6) is 1.06. The van der Waals surface area contributed by atoms with E-state index >= 15 is 0 Å². The molecule has 0 bridgehead atoms. The van der Waals surface area contributed by atoms with Crippen LogP contribution < -0.4 is 5.32 Å². The molecule has 1 aromatic rings. The van der Waals surface area contributed by atoms with E-state index in [0.29, 0.717) is 17.4 Å². The smallest absolute Gasteiger partial charge is 0.152 e. The van der Waals surface area contributed by atoms with Crippen LogP contribution in [0.15, 0.2) is 6.33 Å². The van der Waals surface area contributed by atoms with Crippen LogP contribution in [0.4, 0.5) is 5.82 Å². The molecule has 1 unspecified atom stereocenters. The van der Waals surface area contributed by atoms with Gasteiger partial charge in [-0.2, -0.15) is 0 Å². The predicted octanol–water partition coefficient (Wildman–Crippen LogP) is 1.43. The molecule has 1 saturated heterocycles. The van der Waals surface area contributed by atoms with E-state index in [2.05, 4.69) is 15.3 Å². The topological polar surface area (TPSA) is 72.0 Å². The Hall–Kier alpha value is -0.880. The molecule has 0 radical (unpaired) electrons. The molecule has 1 aromatic heterocycles. The van der Waals surface area contributed by atoms with E-state index in [1.54, 1.807) is 0 Å². The van der Waals surface area contributed by atoms with Crippen molar-refractivity contribution in [3.05, 3.63) is 17.0 Å². The number of anilines is 1. The lowest BCUT2D eigenvalue weighted by molar-refractivity contribution is 0.561. The molecule has 0 amide bonds. The summed E-state index contributed by atoms with van der Waals surface area (Å²) in [7, 11) is -2.91. The maximum Gasteiger partial charge on any atom is 0.152 e. The van der Waals surface area contributed by atoms with Crippen LogP contribution in [0.3, 0.4) is 0 Å². The molecule has 1 N–H and O–H groups in total. The van der Waals surface area contributed by atoms with E-state index in [1.165, 1.54) is 6.33 Å². The Morgan fingerprint density at radius 3 is 2.94 bits per heavy atom. The second-order valence-corrected chi connectivity index (χ2v) is 6.82. The molecule has 0 saturated carbocycles. The van der Waals surface area contributed by atoms with Crippen molar-refractivity contribution in [2.24, 2.45) is 0 Å². The Kier molecular flexibility index (Phi) is 3.53. The minimum atomic E-state index is -2.91. The van der Waals surface area contributed by atoms with Gasteiger partial charge in [0.2, 0.25) is 0 Å². The van der Waals surface area contributed by atoms with Gasteiger partial charge >= 0.3 is 0 Å². The van der Waals surface area contributed by atoms with Gasteiger partial charge in [-0.3, -0.25) is 0 Å². The molecule has 1 atom stereocenters. The lowest BCUT2D eigenvalue weighted by Gasteiger charge is -2.24. The van der Waals surface area contributed by atoms with Crippen LogP contribution in [0.2, 0.25) is 5.15 Å². The van der Waals surface area contributed by atoms with Gasteiger partial charge < -0.3 is 5.32 Å². The molecule has 1 fully saturated rings. The summed E-state index contributed by atoms with van der Waals surface area (Å²) in [5.41, 5.74) is 0.747. The van der Waals surface area contributed by atoms with Crippen LogP contribution in [0.5, 0.6) is 0 Å². The van der Waals surface area contributed by atoms with Crippen molar-refractivity contribution >= 4 is 27.3 Å². The standard InChI is InChI=1S/C10H14ClN3O2S/c1-7-9(11)12-6-13-10(7)14-8-3-2-4-17(15,16)5-8/h6,8H,2-5H2,1H3,(H,12,13,14). The number of nitrogens with one attached hydrogen (secondary N) is 1. The largest absolute Gasteiger partial charge is 0.366 e. The summed E-state index contributed by atoms with van der Waals surface area (Å²) in [6.45, 7) is 1.81. The first kappa shape index (κ1) is 12.6. The summed E-state index contributed by atoms with van der Waals surface area (Å²) >= 11 is 5.88. The van der Waals surface area contributed by atoms with Gasteiger partial charge in [0.1, 0.15) is 17.3 Å². The fraction of sp³-hybridized carbons (Fsp3) is 0.600. The highest BCUT2D eigenvalue weighted by molar-refractivity contribution is 7.91. The third-order valence-corrected chi connectivity index (χ3v) is 5.03. The summed E-state index contributed by atoms with van der Waals surface area (Å²) in [5, 5.41) is 3.52. The first-order chi connectivity index (χ1) is 7.98. The molecule has 0 aromatic carbocycles. The summed E-state index contributed by atoms with van der Waals surface area (Å²) in [6.07, 6.45) is 2.90. The molecule has 7 heteroatoms. The molecular formula is C10H14ClN3O2S. The summed E-state index contributed by atoms with van der Waals surface area (Å²) in [6, 6.07) is -0.0848. The minimum absolute atomic E-state index is 0.0848. The molecule has 5 nitrogen and oxygen atoms in total. The predicted molar refractivity (Wildman–Crippen MR) is 67.1 cm³/mol. The van der Waals surface area contributed by atoms with Gasteiger partial charge in [-0.05, 0) is 19.8 Å². The molecule has 0 aliphatic carbocycles. The minimum Gasteiger partial charge on any atom is -0.366 e. The average Bonchev–Trinajstić information content (AvgIpc) is 2.23. The number of aromatic nitrogens is 2. The third-order valence-electron chi connectivity index (χ3n) is 2.83. The first-order valence-corrected chi connectivity index (χ1v) is 7.62. The van der Waals surface area contributed by atoms with Crippen molar-refractivity contribution in [3.63, 3.8) is 0 Å². The maximum atomic E-state index is 11.5. The van der Waals surface area contributed by atoms with Crippen molar-refractivity contribution in [1.82, 2.24) is 9.97 Å². The van der Waals surface area contributed by atoms with Gasteiger partial charge in [0.25, 0.3) is 0 Å². The first-order valence-electron chi connectivity index (χ1n) is 5.42. The van der Waals surface area contributed by atoms with Crippen molar-refractivity contribution < 1.29 is 8.42 Å². The lowest BCUT2D eigenvalue weighted by atomic mass is 10.2. The number of halogens is 1. The van der Waals surface area contributed by atoms with Crippen LogP contribution >= 0.6 is 11.6 Å². The summed E-state index contributed by atoms with van der Waals surface area (Å²) < 4.78 is 23.0. The molecule has 1 aliphatic heterocycles. The van der Waals surface area contributed by atoms with Crippen molar-refractivity contribution in [1.29, 1.82) is 0 Å². The van der Waals surface area contributed by atoms with Crippen LogP contribution in [-0.4, -0.2) is 35.9 Å². The number of rotatable bonds is 2. The monoisotopic (exact) mass is 275 g/mol. The van der Waals surface area contributed by atoms with Gasteiger partial charge in [-0.1, -0.05) is 11.6 Å². The highest BCUT2D eigenvalue weighted by Gasteiger charge is 2.25. The Labute approximate surface area is 106 Å². The summed E-state index contributed by atoms with van der Waals surface area (Å²) in [4.78, 5) is 7.94. The van der Waals surface area contributed by atoms with Crippen LogP contribution in [0.25, 0.3) is 0 Å². The molecule has 0 spiro atoms. The zero-order chi connectivity index (χ0) is 12.5. The second kappa shape index (κ2) is 4.78.